The number of nitrogens with zero attached hydrogens (tertiary/aromatic N) is 2. The highest BCUT2D eigenvalue weighted by Crippen LogP contribution is 2.14. The molecule has 27 heavy (non-hydrogen) atoms. The van der Waals surface area contributed by atoms with Gasteiger partial charge in [0.2, 0.25) is 11.4 Å². The molecule has 0 amide bonds. The molecule has 1 radical (unpaired) electrons. The summed E-state index contributed by atoms with van der Waals surface area (Å²) in [5.74, 6) is 0. The van der Waals surface area contributed by atoms with Gasteiger partial charge in [-0.3, -0.25) is 25.0 Å². The number of hydrogen-bond acceptors (Lipinski definition) is 5. The Morgan fingerprint density at radius 2 is 1.56 bits per heavy atom. The first-order chi connectivity index (χ1) is 13.0. The lowest BCUT2D eigenvalue weighted by Crippen LogP contribution is -2.00. The fourth-order valence-electron chi connectivity index (χ4n) is 2.52. The van der Waals surface area contributed by atoms with Gasteiger partial charge >= 0.3 is 0 Å². The van der Waals surface area contributed by atoms with Crippen molar-refractivity contribution in [3.63, 3.8) is 0 Å². The largest absolute Gasteiger partial charge is 0.291 e. The molecule has 7 nitrogen and oxygen atoms in total. The zero-order valence-electron chi connectivity index (χ0n) is 16.2. The van der Waals surface area contributed by atoms with Crippen LogP contribution in [0, 0.1) is 20.2 Å². The van der Waals surface area contributed by atoms with Gasteiger partial charge in [-0.1, -0.05) is 44.8 Å². The van der Waals surface area contributed by atoms with Gasteiger partial charge in [0.15, 0.2) is 6.29 Å². The van der Waals surface area contributed by atoms with Crippen molar-refractivity contribution in [3.8, 4) is 0 Å². The summed E-state index contributed by atoms with van der Waals surface area (Å²) in [7, 11) is 0. The molecule has 0 unspecified atom stereocenters. The molecule has 0 saturated carbocycles. The van der Waals surface area contributed by atoms with Crippen LogP contribution in [0.1, 0.15) is 84.0 Å². The van der Waals surface area contributed by atoms with Gasteiger partial charge < -0.3 is 0 Å². The van der Waals surface area contributed by atoms with E-state index in [1.165, 1.54) is 12.2 Å². The molecule has 0 saturated heterocycles. The molecule has 7 heteroatoms. The van der Waals surface area contributed by atoms with Crippen LogP contribution < -0.4 is 0 Å². The number of rotatable bonds is 17. The predicted octanol–water partition coefficient (Wildman–Crippen LogP) is 5.67. The molecule has 0 aliphatic rings. The summed E-state index contributed by atoms with van der Waals surface area (Å²) in [5.41, 5.74) is 0.150. The fraction of sp³-hybridized carbons (Fsp3) is 0.650. The molecule has 0 aliphatic carbocycles. The van der Waals surface area contributed by atoms with Crippen LogP contribution in [0.5, 0.6) is 0 Å². The Bertz CT molecular complexity index is 538. The molecule has 0 aromatic carbocycles. The highest BCUT2D eigenvalue weighted by molar-refractivity contribution is 5.50. The Balaban J connectivity index is 4.48. The summed E-state index contributed by atoms with van der Waals surface area (Å²) in [6, 6.07) is 0. The zero-order chi connectivity index (χ0) is 20.3. The van der Waals surface area contributed by atoms with E-state index in [1.807, 2.05) is 12.4 Å². The quantitative estimate of drug-likeness (QED) is 0.140. The molecule has 0 spiro atoms. The van der Waals surface area contributed by atoms with Gasteiger partial charge in [0, 0.05) is 12.8 Å². The van der Waals surface area contributed by atoms with E-state index in [1.54, 1.807) is 6.08 Å². The molecule has 0 atom stereocenters. The van der Waals surface area contributed by atoms with Crippen LogP contribution in [0.15, 0.2) is 35.7 Å². The average Bonchev–Trinajstić information content (AvgIpc) is 2.63. The molecular formula is C20H31N2O5. The third-order valence-electron chi connectivity index (χ3n) is 4.11. The van der Waals surface area contributed by atoms with Crippen molar-refractivity contribution in [2.24, 2.45) is 0 Å². The van der Waals surface area contributed by atoms with Gasteiger partial charge in [0.05, 0.1) is 16.3 Å². The summed E-state index contributed by atoms with van der Waals surface area (Å²) < 4.78 is 0. The van der Waals surface area contributed by atoms with Crippen LogP contribution in [0.25, 0.3) is 0 Å². The van der Waals surface area contributed by atoms with E-state index in [4.69, 9.17) is 0 Å². The molecule has 151 valence electrons. The molecule has 0 bridgehead atoms. The maximum Gasteiger partial charge on any atom is 0.246 e. The molecule has 0 N–H and O–H groups in total. The highest BCUT2D eigenvalue weighted by Gasteiger charge is 2.11. The molecule has 0 aliphatic heterocycles. The summed E-state index contributed by atoms with van der Waals surface area (Å²) >= 11 is 0. The maximum atomic E-state index is 11.1. The monoisotopic (exact) mass is 379 g/mol. The zero-order valence-corrected chi connectivity index (χ0v) is 16.2. The van der Waals surface area contributed by atoms with Crippen molar-refractivity contribution in [3.05, 3.63) is 55.9 Å². The number of hydrogen-bond donors (Lipinski definition) is 0. The Labute approximate surface area is 161 Å². The Hall–Kier alpha value is -2.31. The SMILES string of the molecule is CCCCC/C=C\C/C(=C\C/C=C(\CCCCCC[C]=O)[N+](=O)[O-])[N+](=O)[O-]. The van der Waals surface area contributed by atoms with Gasteiger partial charge in [0.25, 0.3) is 0 Å². The Kier molecular flexibility index (Phi) is 15.7. The molecule has 0 fully saturated rings. The lowest BCUT2D eigenvalue weighted by atomic mass is 10.1. The van der Waals surface area contributed by atoms with Crippen molar-refractivity contribution in [1.29, 1.82) is 0 Å². The van der Waals surface area contributed by atoms with Crippen molar-refractivity contribution < 1.29 is 14.6 Å². The number of carbonyl (C=O) groups excluding carboxylic acids is 1. The normalized spacial score (nSPS) is 12.5. The standard InChI is InChI=1S/C20H31N2O5/c1-2-3-4-5-7-10-14-19(21(24)25)16-13-17-20(22(26)27)15-11-8-6-9-12-18-23/h7,10,16-17H,2-6,8-9,11-15H2,1H3/b10-7-,19-16+,20-17+. The number of unbranched alkanes of at least 4 members (excludes halogenated alkanes) is 7. The van der Waals surface area contributed by atoms with Crippen molar-refractivity contribution in [2.75, 3.05) is 0 Å². The Morgan fingerprint density at radius 1 is 0.889 bits per heavy atom. The molecular weight excluding hydrogens is 348 g/mol. The molecule has 0 aromatic heterocycles. The first kappa shape index (κ1) is 24.7. The number of allylic oxidation sites excluding steroid dienone is 5. The second kappa shape index (κ2) is 17.1. The van der Waals surface area contributed by atoms with E-state index in [0.29, 0.717) is 19.3 Å². The molecule has 0 heterocycles. The van der Waals surface area contributed by atoms with Crippen molar-refractivity contribution in [2.45, 2.75) is 84.0 Å². The van der Waals surface area contributed by atoms with E-state index in [0.717, 1.165) is 44.9 Å². The van der Waals surface area contributed by atoms with Crippen LogP contribution in [0.3, 0.4) is 0 Å². The topological polar surface area (TPSA) is 103 Å². The van der Waals surface area contributed by atoms with Crippen molar-refractivity contribution >= 4 is 6.29 Å². The van der Waals surface area contributed by atoms with E-state index in [2.05, 4.69) is 6.92 Å². The first-order valence-electron chi connectivity index (χ1n) is 9.69. The van der Waals surface area contributed by atoms with Gasteiger partial charge in [0.1, 0.15) is 0 Å². The van der Waals surface area contributed by atoms with E-state index < -0.39 is 9.85 Å². The van der Waals surface area contributed by atoms with Crippen LogP contribution in [0.2, 0.25) is 0 Å². The lowest BCUT2D eigenvalue weighted by molar-refractivity contribution is -0.428. The van der Waals surface area contributed by atoms with Crippen LogP contribution in [-0.2, 0) is 4.79 Å². The van der Waals surface area contributed by atoms with Gasteiger partial charge in [-0.2, -0.15) is 0 Å². The van der Waals surface area contributed by atoms with Gasteiger partial charge in [-0.05, 0) is 44.3 Å². The van der Waals surface area contributed by atoms with E-state index in [-0.39, 0.29) is 24.2 Å². The number of nitro groups is 2. The minimum atomic E-state index is -0.430. The second-order valence-electron chi connectivity index (χ2n) is 6.37. The summed E-state index contributed by atoms with van der Waals surface area (Å²) in [6.45, 7) is 2.12. The lowest BCUT2D eigenvalue weighted by Gasteiger charge is -1.99. The first-order valence-corrected chi connectivity index (χ1v) is 9.69. The second-order valence-corrected chi connectivity index (χ2v) is 6.37. The van der Waals surface area contributed by atoms with Gasteiger partial charge in [-0.25, -0.2) is 0 Å². The maximum absolute atomic E-state index is 11.1. The fourth-order valence-corrected chi connectivity index (χ4v) is 2.52. The molecule has 0 rings (SSSR count). The molecule has 0 aromatic rings. The third-order valence-corrected chi connectivity index (χ3v) is 4.11. The summed E-state index contributed by atoms with van der Waals surface area (Å²) in [6.07, 6.45) is 16.9. The Morgan fingerprint density at radius 3 is 2.19 bits per heavy atom. The predicted molar refractivity (Wildman–Crippen MR) is 106 cm³/mol. The van der Waals surface area contributed by atoms with Crippen LogP contribution >= 0.6 is 0 Å². The average molecular weight is 379 g/mol. The third kappa shape index (κ3) is 14.5. The van der Waals surface area contributed by atoms with Crippen molar-refractivity contribution in [1.82, 2.24) is 0 Å². The highest BCUT2D eigenvalue weighted by atomic mass is 16.6. The van der Waals surface area contributed by atoms with Crippen LogP contribution in [0.4, 0.5) is 0 Å². The van der Waals surface area contributed by atoms with Crippen LogP contribution in [-0.4, -0.2) is 16.1 Å². The minimum Gasteiger partial charge on any atom is -0.291 e. The van der Waals surface area contributed by atoms with E-state index in [9.17, 15) is 25.0 Å². The van der Waals surface area contributed by atoms with Gasteiger partial charge in [-0.15, -0.1) is 0 Å². The summed E-state index contributed by atoms with van der Waals surface area (Å²) in [5, 5.41) is 22.2. The summed E-state index contributed by atoms with van der Waals surface area (Å²) in [4.78, 5) is 31.4. The van der Waals surface area contributed by atoms with E-state index >= 15 is 0 Å². The smallest absolute Gasteiger partial charge is 0.246 e. The minimum absolute atomic E-state index is 0.0609.